The molecule has 1 saturated carbocycles. The molecule has 13 heavy (non-hydrogen) atoms. The van der Waals surface area contributed by atoms with Crippen LogP contribution in [0.2, 0.25) is 0 Å². The molecule has 1 saturated heterocycles. The number of hydrogen-bond acceptors (Lipinski definition) is 1. The first-order valence-electron chi connectivity index (χ1n) is 5.87. The summed E-state index contributed by atoms with van der Waals surface area (Å²) in [4.78, 5) is 2.55. The molecule has 1 aliphatic heterocycles. The summed E-state index contributed by atoms with van der Waals surface area (Å²) in [5, 5.41) is 0. The maximum Gasteiger partial charge on any atom is 0.00119 e. The zero-order chi connectivity index (χ0) is 9.42. The average Bonchev–Trinajstić information content (AvgIpc) is 2.49. The van der Waals surface area contributed by atoms with Gasteiger partial charge in [0, 0.05) is 13.1 Å². The Balaban J connectivity index is 2.07. The van der Waals surface area contributed by atoms with Crippen LogP contribution in [-0.4, -0.2) is 25.0 Å². The van der Waals surface area contributed by atoms with E-state index in [0.29, 0.717) is 0 Å². The van der Waals surface area contributed by atoms with Gasteiger partial charge in [-0.2, -0.15) is 0 Å². The second-order valence-electron chi connectivity index (χ2n) is 5.48. The Morgan fingerprint density at radius 3 is 2.62 bits per heavy atom. The van der Waals surface area contributed by atoms with E-state index in [9.17, 15) is 0 Å². The molecular weight excluding hydrogens is 158 g/mol. The summed E-state index contributed by atoms with van der Waals surface area (Å²) in [5.74, 6) is 3.96. The van der Waals surface area contributed by atoms with E-state index in [-0.39, 0.29) is 0 Å². The minimum atomic E-state index is 0.883. The van der Waals surface area contributed by atoms with Crippen molar-refractivity contribution in [1.82, 2.24) is 4.90 Å². The summed E-state index contributed by atoms with van der Waals surface area (Å²) in [5.41, 5.74) is 0. The van der Waals surface area contributed by atoms with Crippen molar-refractivity contribution in [1.29, 1.82) is 0 Å². The fourth-order valence-corrected chi connectivity index (χ4v) is 3.53. The predicted molar refractivity (Wildman–Crippen MR) is 56.7 cm³/mol. The molecule has 0 bridgehead atoms. The molecule has 0 aromatic carbocycles. The second kappa shape index (κ2) is 3.61. The van der Waals surface area contributed by atoms with Crippen molar-refractivity contribution in [2.45, 2.75) is 33.1 Å². The lowest BCUT2D eigenvalue weighted by atomic mass is 9.74. The molecule has 1 heteroatoms. The van der Waals surface area contributed by atoms with Crippen LogP contribution in [-0.2, 0) is 0 Å². The van der Waals surface area contributed by atoms with Gasteiger partial charge in [-0.25, -0.2) is 0 Å². The normalized spacial score (nSPS) is 41.1. The van der Waals surface area contributed by atoms with Crippen molar-refractivity contribution in [3.63, 3.8) is 0 Å². The molecule has 2 fully saturated rings. The van der Waals surface area contributed by atoms with Crippen LogP contribution >= 0.6 is 0 Å². The molecule has 0 aromatic heterocycles. The van der Waals surface area contributed by atoms with Gasteiger partial charge < -0.3 is 4.90 Å². The van der Waals surface area contributed by atoms with E-state index in [4.69, 9.17) is 0 Å². The van der Waals surface area contributed by atoms with E-state index in [1.54, 1.807) is 0 Å². The number of hydrogen-bond donors (Lipinski definition) is 0. The lowest BCUT2D eigenvalue weighted by molar-refractivity contribution is 0.0709. The number of nitrogens with zero attached hydrogens (tertiary/aromatic N) is 1. The van der Waals surface area contributed by atoms with Gasteiger partial charge in [0.05, 0.1) is 0 Å². The van der Waals surface area contributed by atoms with Crippen molar-refractivity contribution in [3.05, 3.63) is 0 Å². The third kappa shape index (κ3) is 1.76. The summed E-state index contributed by atoms with van der Waals surface area (Å²) in [6, 6.07) is 0. The molecule has 2 rings (SSSR count). The second-order valence-corrected chi connectivity index (χ2v) is 5.48. The van der Waals surface area contributed by atoms with E-state index >= 15 is 0 Å². The van der Waals surface area contributed by atoms with Gasteiger partial charge in [0.15, 0.2) is 0 Å². The first-order valence-corrected chi connectivity index (χ1v) is 5.87. The van der Waals surface area contributed by atoms with Crippen LogP contribution in [0.5, 0.6) is 0 Å². The highest BCUT2D eigenvalue weighted by Crippen LogP contribution is 2.43. The van der Waals surface area contributed by atoms with Crippen molar-refractivity contribution >= 4 is 0 Å². The first-order chi connectivity index (χ1) is 6.18. The van der Waals surface area contributed by atoms with Crippen molar-refractivity contribution in [3.8, 4) is 0 Å². The van der Waals surface area contributed by atoms with E-state index in [2.05, 4.69) is 25.8 Å². The van der Waals surface area contributed by atoms with Gasteiger partial charge in [0.25, 0.3) is 0 Å². The molecule has 0 amide bonds. The predicted octanol–water partition coefficient (Wildman–Crippen LogP) is 2.62. The molecule has 3 atom stereocenters. The van der Waals surface area contributed by atoms with E-state index in [1.165, 1.54) is 32.4 Å². The maximum absolute atomic E-state index is 2.55. The molecule has 1 nitrogen and oxygen atoms in total. The van der Waals surface area contributed by atoms with Gasteiger partial charge in [0.1, 0.15) is 0 Å². The topological polar surface area (TPSA) is 3.24 Å². The Hall–Kier alpha value is -0.0400. The molecule has 0 radical (unpaired) electrons. The third-order valence-electron chi connectivity index (χ3n) is 4.19. The third-order valence-corrected chi connectivity index (χ3v) is 4.19. The van der Waals surface area contributed by atoms with E-state index in [0.717, 1.165) is 23.7 Å². The molecule has 0 aromatic rings. The highest BCUT2D eigenvalue weighted by Gasteiger charge is 2.39. The summed E-state index contributed by atoms with van der Waals surface area (Å²) < 4.78 is 0. The van der Waals surface area contributed by atoms with Crippen molar-refractivity contribution in [2.75, 3.05) is 20.1 Å². The van der Waals surface area contributed by atoms with Gasteiger partial charge in [-0.3, -0.25) is 0 Å². The van der Waals surface area contributed by atoms with Crippen LogP contribution in [0, 0.1) is 23.7 Å². The monoisotopic (exact) mass is 181 g/mol. The van der Waals surface area contributed by atoms with Gasteiger partial charge in [-0.15, -0.1) is 0 Å². The van der Waals surface area contributed by atoms with Crippen LogP contribution in [0.4, 0.5) is 0 Å². The van der Waals surface area contributed by atoms with E-state index < -0.39 is 0 Å². The molecule has 2 aliphatic rings. The number of fused-ring (bicyclic) bond motifs is 1. The van der Waals surface area contributed by atoms with Gasteiger partial charge in [-0.1, -0.05) is 20.3 Å². The van der Waals surface area contributed by atoms with Crippen molar-refractivity contribution in [2.24, 2.45) is 23.7 Å². The summed E-state index contributed by atoms with van der Waals surface area (Å²) >= 11 is 0. The fraction of sp³-hybridized carbons (Fsp3) is 1.00. The fourth-order valence-electron chi connectivity index (χ4n) is 3.53. The summed E-state index contributed by atoms with van der Waals surface area (Å²) in [6.45, 7) is 7.52. The van der Waals surface area contributed by atoms with Gasteiger partial charge in [0.2, 0.25) is 0 Å². The zero-order valence-electron chi connectivity index (χ0n) is 9.29. The Labute approximate surface area is 82.5 Å². The Morgan fingerprint density at radius 2 is 1.92 bits per heavy atom. The lowest BCUT2D eigenvalue weighted by Gasteiger charge is -2.41. The average molecular weight is 181 g/mol. The molecule has 76 valence electrons. The van der Waals surface area contributed by atoms with Crippen LogP contribution in [0.1, 0.15) is 33.1 Å². The molecular formula is C12H23N. The smallest absolute Gasteiger partial charge is 0.00119 e. The van der Waals surface area contributed by atoms with E-state index in [1.807, 2.05) is 0 Å². The molecule has 1 heterocycles. The van der Waals surface area contributed by atoms with Crippen LogP contribution in [0.3, 0.4) is 0 Å². The quantitative estimate of drug-likeness (QED) is 0.601. The highest BCUT2D eigenvalue weighted by atomic mass is 15.1. The SMILES string of the molecule is CC(C)[C@H]1CN(C)C[C@H]2CCC[C@@H]21. The molecule has 1 aliphatic carbocycles. The summed E-state index contributed by atoms with van der Waals surface area (Å²) in [6.07, 6.45) is 4.51. The van der Waals surface area contributed by atoms with Crippen LogP contribution in [0.25, 0.3) is 0 Å². The van der Waals surface area contributed by atoms with Gasteiger partial charge >= 0.3 is 0 Å². The highest BCUT2D eigenvalue weighted by molar-refractivity contribution is 4.90. The lowest BCUT2D eigenvalue weighted by Crippen LogP contribution is -2.44. The maximum atomic E-state index is 2.55. The summed E-state index contributed by atoms with van der Waals surface area (Å²) in [7, 11) is 2.30. The van der Waals surface area contributed by atoms with Crippen LogP contribution in [0.15, 0.2) is 0 Å². The number of piperidine rings is 1. The first kappa shape index (κ1) is 9.51. The molecule has 0 spiro atoms. The minimum Gasteiger partial charge on any atom is -0.306 e. The largest absolute Gasteiger partial charge is 0.306 e. The minimum absolute atomic E-state index is 0.883. The van der Waals surface area contributed by atoms with Crippen LogP contribution < -0.4 is 0 Å². The molecule has 0 unspecified atom stereocenters. The van der Waals surface area contributed by atoms with Gasteiger partial charge in [-0.05, 0) is 43.6 Å². The molecule has 0 N–H and O–H groups in total. The standard InChI is InChI=1S/C12H23N/c1-9(2)12-8-13(3)7-10-5-4-6-11(10)12/h9-12H,4-8H2,1-3H3/t10-,11+,12-/m1/s1. The van der Waals surface area contributed by atoms with Crippen molar-refractivity contribution < 1.29 is 0 Å². The Kier molecular flexibility index (Phi) is 2.64. The zero-order valence-corrected chi connectivity index (χ0v) is 9.29. The number of rotatable bonds is 1. The Bertz CT molecular complexity index is 176. The number of likely N-dealkylation sites (tertiary alicyclic amines) is 1. The Morgan fingerprint density at radius 1 is 1.15 bits per heavy atom.